The number of halogens is 1. The summed E-state index contributed by atoms with van der Waals surface area (Å²) in [6.45, 7) is 7.02. The van der Waals surface area contributed by atoms with Gasteiger partial charge in [0.05, 0.1) is 18.3 Å². The predicted molar refractivity (Wildman–Crippen MR) is 135 cm³/mol. The van der Waals surface area contributed by atoms with Gasteiger partial charge in [0, 0.05) is 23.7 Å². The smallest absolute Gasteiger partial charge is 0.242 e. The van der Waals surface area contributed by atoms with Gasteiger partial charge in [-0.1, -0.05) is 41.6 Å². The van der Waals surface area contributed by atoms with Crippen molar-refractivity contribution < 1.29 is 14.3 Å². The van der Waals surface area contributed by atoms with Crippen LogP contribution in [0.3, 0.4) is 0 Å². The van der Waals surface area contributed by atoms with Gasteiger partial charge in [-0.25, -0.2) is 4.99 Å². The Kier molecular flexibility index (Phi) is 7.41. The molecule has 2 aromatic carbocycles. The number of amidine groups is 1. The van der Waals surface area contributed by atoms with Gasteiger partial charge >= 0.3 is 0 Å². The van der Waals surface area contributed by atoms with Gasteiger partial charge in [0.1, 0.15) is 5.25 Å². The Morgan fingerprint density at radius 3 is 2.73 bits per heavy atom. The molecule has 0 bridgehead atoms. The van der Waals surface area contributed by atoms with Crippen molar-refractivity contribution in [1.29, 1.82) is 0 Å². The fraction of sp³-hybridized carbons (Fsp3) is 0.400. The first-order valence-electron chi connectivity index (χ1n) is 11.1. The van der Waals surface area contributed by atoms with Crippen molar-refractivity contribution >= 4 is 51.7 Å². The Labute approximate surface area is 203 Å². The molecule has 2 saturated heterocycles. The number of carbonyl (C=O) groups is 2. The summed E-state index contributed by atoms with van der Waals surface area (Å²) in [5.74, 6) is -0.296. The summed E-state index contributed by atoms with van der Waals surface area (Å²) in [5.41, 5.74) is 4.47. The highest BCUT2D eigenvalue weighted by Crippen LogP contribution is 2.34. The minimum Gasteiger partial charge on any atom is -0.376 e. The van der Waals surface area contributed by atoms with Gasteiger partial charge in [-0.15, -0.1) is 0 Å². The van der Waals surface area contributed by atoms with Crippen LogP contribution in [0, 0.1) is 20.8 Å². The maximum Gasteiger partial charge on any atom is 0.242 e. The third-order valence-corrected chi connectivity index (χ3v) is 7.43. The standard InChI is InChI=1S/C25H28ClN3O3S/c1-15-6-7-17(3)21(11-15)28-23(30)13-22-24(31)29(14-19-5-4-10-32-19)25(33-22)27-18-9-8-16(2)20(26)12-18/h6-9,11-12,19,22H,4-5,10,13-14H2,1-3H3,(H,28,30). The average Bonchev–Trinajstić information content (AvgIpc) is 3.38. The van der Waals surface area contributed by atoms with E-state index in [4.69, 9.17) is 21.3 Å². The first-order chi connectivity index (χ1) is 15.8. The number of hydrogen-bond donors (Lipinski definition) is 1. The fourth-order valence-corrected chi connectivity index (χ4v) is 5.23. The van der Waals surface area contributed by atoms with Crippen molar-refractivity contribution in [2.75, 3.05) is 18.5 Å². The number of amides is 2. The van der Waals surface area contributed by atoms with E-state index in [-0.39, 0.29) is 24.3 Å². The van der Waals surface area contributed by atoms with Gasteiger partial charge in [0.25, 0.3) is 0 Å². The van der Waals surface area contributed by atoms with E-state index in [1.807, 2.05) is 51.1 Å². The molecule has 2 unspecified atom stereocenters. The van der Waals surface area contributed by atoms with Crippen LogP contribution in [0.5, 0.6) is 0 Å². The molecule has 2 atom stereocenters. The van der Waals surface area contributed by atoms with Crippen molar-refractivity contribution in [2.45, 2.75) is 51.4 Å². The lowest BCUT2D eigenvalue weighted by Gasteiger charge is -2.20. The van der Waals surface area contributed by atoms with Crippen molar-refractivity contribution in [3.05, 3.63) is 58.1 Å². The highest BCUT2D eigenvalue weighted by molar-refractivity contribution is 8.15. The van der Waals surface area contributed by atoms with E-state index in [2.05, 4.69) is 5.32 Å². The molecule has 8 heteroatoms. The summed E-state index contributed by atoms with van der Waals surface area (Å²) in [6.07, 6.45) is 1.97. The molecule has 33 heavy (non-hydrogen) atoms. The average molecular weight is 486 g/mol. The van der Waals surface area contributed by atoms with Crippen LogP contribution in [0.4, 0.5) is 11.4 Å². The number of aryl methyl sites for hydroxylation is 3. The summed E-state index contributed by atoms with van der Waals surface area (Å²) in [7, 11) is 0. The third-order valence-electron chi connectivity index (χ3n) is 5.85. The summed E-state index contributed by atoms with van der Waals surface area (Å²) < 4.78 is 5.76. The number of anilines is 1. The molecule has 6 nitrogen and oxygen atoms in total. The molecule has 0 spiro atoms. The summed E-state index contributed by atoms with van der Waals surface area (Å²) in [4.78, 5) is 32.5. The predicted octanol–water partition coefficient (Wildman–Crippen LogP) is 5.40. The molecule has 2 amide bonds. The fourth-order valence-electron chi connectivity index (χ4n) is 3.89. The number of ether oxygens (including phenoxy) is 1. The summed E-state index contributed by atoms with van der Waals surface area (Å²) in [5, 5.41) is 3.64. The van der Waals surface area contributed by atoms with Crippen molar-refractivity contribution in [2.24, 2.45) is 4.99 Å². The second-order valence-corrected chi connectivity index (χ2v) is 10.2. The van der Waals surface area contributed by atoms with Crippen molar-refractivity contribution in [3.63, 3.8) is 0 Å². The molecule has 4 rings (SSSR count). The highest BCUT2D eigenvalue weighted by atomic mass is 35.5. The topological polar surface area (TPSA) is 71.0 Å². The zero-order valence-electron chi connectivity index (χ0n) is 19.1. The minimum absolute atomic E-state index is 0.0103. The first-order valence-corrected chi connectivity index (χ1v) is 12.4. The Balaban J connectivity index is 1.52. The van der Waals surface area contributed by atoms with E-state index in [1.165, 1.54) is 11.8 Å². The van der Waals surface area contributed by atoms with Crippen LogP contribution < -0.4 is 5.32 Å². The van der Waals surface area contributed by atoms with Gasteiger partial charge < -0.3 is 10.1 Å². The van der Waals surface area contributed by atoms with Crippen molar-refractivity contribution in [3.8, 4) is 0 Å². The number of carbonyl (C=O) groups excluding carboxylic acids is 2. The van der Waals surface area contributed by atoms with E-state index in [9.17, 15) is 9.59 Å². The SMILES string of the molecule is Cc1ccc(C)c(NC(=O)CC2SC(=Nc3ccc(C)c(Cl)c3)N(CC3CCCO3)C2=O)c1. The van der Waals surface area contributed by atoms with Crippen LogP contribution in [0.2, 0.25) is 5.02 Å². The maximum absolute atomic E-state index is 13.3. The number of nitrogens with zero attached hydrogens (tertiary/aromatic N) is 2. The first kappa shape index (κ1) is 23.8. The maximum atomic E-state index is 13.3. The molecular weight excluding hydrogens is 458 g/mol. The molecule has 2 aliphatic heterocycles. The Morgan fingerprint density at radius 1 is 1.21 bits per heavy atom. The number of aliphatic imine (C=N–C) groups is 1. The number of rotatable bonds is 6. The lowest BCUT2D eigenvalue weighted by atomic mass is 10.1. The lowest BCUT2D eigenvalue weighted by Crippen LogP contribution is -2.38. The molecule has 2 aliphatic rings. The van der Waals surface area contributed by atoms with Gasteiger partial charge in [0.15, 0.2) is 5.17 Å². The Hall–Kier alpha value is -2.35. The number of nitrogens with one attached hydrogen (secondary N) is 1. The summed E-state index contributed by atoms with van der Waals surface area (Å²) >= 11 is 7.60. The second-order valence-electron chi connectivity index (χ2n) is 8.59. The molecule has 2 fully saturated rings. The molecule has 2 aromatic rings. The van der Waals surface area contributed by atoms with Gasteiger partial charge in [-0.3, -0.25) is 14.5 Å². The van der Waals surface area contributed by atoms with E-state index >= 15 is 0 Å². The quantitative estimate of drug-likeness (QED) is 0.594. The molecule has 0 aliphatic carbocycles. The van der Waals surface area contributed by atoms with Gasteiger partial charge in [0.2, 0.25) is 11.8 Å². The van der Waals surface area contributed by atoms with Gasteiger partial charge in [-0.05, 0) is 68.5 Å². The van der Waals surface area contributed by atoms with Crippen molar-refractivity contribution in [1.82, 2.24) is 4.90 Å². The van der Waals surface area contributed by atoms with Crippen LogP contribution in [0.25, 0.3) is 0 Å². The zero-order chi connectivity index (χ0) is 23.5. The minimum atomic E-state index is -0.531. The molecular formula is C25H28ClN3O3S. The molecule has 0 radical (unpaired) electrons. The lowest BCUT2D eigenvalue weighted by molar-refractivity contribution is -0.129. The van der Waals surface area contributed by atoms with Gasteiger partial charge in [-0.2, -0.15) is 0 Å². The Morgan fingerprint density at radius 2 is 2.00 bits per heavy atom. The van der Waals surface area contributed by atoms with Crippen LogP contribution in [-0.2, 0) is 14.3 Å². The van der Waals surface area contributed by atoms with Crippen LogP contribution in [-0.4, -0.2) is 46.4 Å². The van der Waals surface area contributed by atoms with Crippen LogP contribution in [0.15, 0.2) is 41.4 Å². The number of hydrogen-bond acceptors (Lipinski definition) is 5. The monoisotopic (exact) mass is 485 g/mol. The van der Waals surface area contributed by atoms with E-state index < -0.39 is 5.25 Å². The molecule has 1 N–H and O–H groups in total. The molecule has 2 heterocycles. The second kappa shape index (κ2) is 10.3. The highest BCUT2D eigenvalue weighted by Gasteiger charge is 2.40. The normalized spacial score (nSPS) is 21.8. The Bertz CT molecular complexity index is 1100. The largest absolute Gasteiger partial charge is 0.376 e. The zero-order valence-corrected chi connectivity index (χ0v) is 20.6. The van der Waals surface area contributed by atoms with Crippen LogP contribution >= 0.6 is 23.4 Å². The van der Waals surface area contributed by atoms with E-state index in [0.29, 0.717) is 29.0 Å². The van der Waals surface area contributed by atoms with E-state index in [0.717, 1.165) is 35.2 Å². The number of benzene rings is 2. The summed E-state index contributed by atoms with van der Waals surface area (Å²) in [6, 6.07) is 11.5. The molecule has 0 saturated carbocycles. The van der Waals surface area contributed by atoms with Crippen LogP contribution in [0.1, 0.15) is 36.0 Å². The molecule has 174 valence electrons. The molecule has 0 aromatic heterocycles. The third kappa shape index (κ3) is 5.78. The number of thioether (sulfide) groups is 1. The van der Waals surface area contributed by atoms with E-state index in [1.54, 1.807) is 11.0 Å².